The zero-order valence-corrected chi connectivity index (χ0v) is 16.4. The van der Waals surface area contributed by atoms with E-state index in [9.17, 15) is 9.18 Å². The Morgan fingerprint density at radius 1 is 1.10 bits per heavy atom. The number of ether oxygens (including phenoxy) is 2. The molecular formula is C22H22FN3O3. The van der Waals surface area contributed by atoms with Crippen molar-refractivity contribution in [3.63, 3.8) is 0 Å². The SMILES string of the molecule is COc1cc2ncnc(Nc3ccc(F)c(C)c3)c2cc1OC1CCC(=O)CC1. The number of halogens is 1. The lowest BCUT2D eigenvalue weighted by Gasteiger charge is -2.23. The van der Waals surface area contributed by atoms with E-state index in [0.717, 1.165) is 11.1 Å². The Hall–Kier alpha value is -3.22. The minimum atomic E-state index is -0.255. The van der Waals surface area contributed by atoms with Crippen LogP contribution in [0.2, 0.25) is 0 Å². The maximum Gasteiger partial charge on any atom is 0.162 e. The first-order valence-corrected chi connectivity index (χ1v) is 9.58. The molecule has 0 spiro atoms. The van der Waals surface area contributed by atoms with Gasteiger partial charge in [-0.05, 0) is 49.6 Å². The highest BCUT2D eigenvalue weighted by atomic mass is 19.1. The van der Waals surface area contributed by atoms with Crippen molar-refractivity contribution in [2.24, 2.45) is 0 Å². The summed E-state index contributed by atoms with van der Waals surface area (Å²) in [5.74, 6) is 1.79. The van der Waals surface area contributed by atoms with E-state index in [-0.39, 0.29) is 17.7 Å². The lowest BCUT2D eigenvalue weighted by Crippen LogP contribution is -2.24. The first-order valence-electron chi connectivity index (χ1n) is 9.58. The second-order valence-corrected chi connectivity index (χ2v) is 7.19. The number of nitrogens with one attached hydrogen (secondary N) is 1. The molecule has 0 radical (unpaired) electrons. The quantitative estimate of drug-likeness (QED) is 0.674. The second kappa shape index (κ2) is 8.03. The third-order valence-corrected chi connectivity index (χ3v) is 5.13. The number of benzene rings is 2. The number of aromatic nitrogens is 2. The molecule has 3 aromatic rings. The normalized spacial score (nSPS) is 14.8. The number of hydrogen-bond donors (Lipinski definition) is 1. The number of ketones is 1. The number of carbonyl (C=O) groups excluding carboxylic acids is 1. The number of aryl methyl sites for hydroxylation is 1. The monoisotopic (exact) mass is 395 g/mol. The van der Waals surface area contributed by atoms with E-state index in [0.29, 0.717) is 54.1 Å². The molecule has 1 aliphatic rings. The van der Waals surface area contributed by atoms with Crippen LogP contribution in [-0.4, -0.2) is 29.0 Å². The molecule has 0 aliphatic heterocycles. The molecule has 1 fully saturated rings. The molecule has 4 rings (SSSR count). The minimum absolute atomic E-state index is 0.0279. The van der Waals surface area contributed by atoms with Crippen LogP contribution in [0.3, 0.4) is 0 Å². The van der Waals surface area contributed by atoms with Crippen LogP contribution in [0.25, 0.3) is 10.9 Å². The number of Topliss-reactive ketones (excluding diaryl/α,β-unsaturated/α-hetero) is 1. The molecule has 1 heterocycles. The maximum absolute atomic E-state index is 13.6. The molecular weight excluding hydrogens is 373 g/mol. The number of rotatable bonds is 5. The van der Waals surface area contributed by atoms with Crippen molar-refractivity contribution in [2.45, 2.75) is 38.7 Å². The van der Waals surface area contributed by atoms with Crippen LogP contribution in [0.4, 0.5) is 15.9 Å². The summed E-state index contributed by atoms with van der Waals surface area (Å²) in [7, 11) is 1.58. The Bertz CT molecular complexity index is 1060. The first kappa shape index (κ1) is 19.1. The van der Waals surface area contributed by atoms with Gasteiger partial charge in [-0.15, -0.1) is 0 Å². The van der Waals surface area contributed by atoms with Crippen molar-refractivity contribution in [2.75, 3.05) is 12.4 Å². The third-order valence-electron chi connectivity index (χ3n) is 5.13. The second-order valence-electron chi connectivity index (χ2n) is 7.19. The van der Waals surface area contributed by atoms with E-state index in [2.05, 4.69) is 15.3 Å². The number of methoxy groups -OCH3 is 1. The molecule has 0 saturated heterocycles. The van der Waals surface area contributed by atoms with E-state index >= 15 is 0 Å². The van der Waals surface area contributed by atoms with Gasteiger partial charge >= 0.3 is 0 Å². The van der Waals surface area contributed by atoms with Gasteiger partial charge in [0.15, 0.2) is 11.5 Å². The highest BCUT2D eigenvalue weighted by molar-refractivity contribution is 5.93. The van der Waals surface area contributed by atoms with Gasteiger partial charge < -0.3 is 14.8 Å². The predicted octanol–water partition coefficient (Wildman–Crippen LogP) is 4.72. The van der Waals surface area contributed by atoms with E-state index in [1.165, 1.54) is 12.4 Å². The van der Waals surface area contributed by atoms with Crippen molar-refractivity contribution in [3.8, 4) is 11.5 Å². The molecule has 150 valence electrons. The van der Waals surface area contributed by atoms with E-state index < -0.39 is 0 Å². The van der Waals surface area contributed by atoms with Gasteiger partial charge in [0.1, 0.15) is 23.7 Å². The van der Waals surface area contributed by atoms with Crippen molar-refractivity contribution in [1.82, 2.24) is 9.97 Å². The number of nitrogens with zero attached hydrogens (tertiary/aromatic N) is 2. The molecule has 7 heteroatoms. The minimum Gasteiger partial charge on any atom is -0.493 e. The lowest BCUT2D eigenvalue weighted by atomic mass is 9.96. The van der Waals surface area contributed by atoms with E-state index in [1.807, 2.05) is 6.07 Å². The van der Waals surface area contributed by atoms with Crippen LogP contribution in [0, 0.1) is 12.7 Å². The molecule has 6 nitrogen and oxygen atoms in total. The number of anilines is 2. The van der Waals surface area contributed by atoms with Gasteiger partial charge in [-0.1, -0.05) is 0 Å². The molecule has 29 heavy (non-hydrogen) atoms. The van der Waals surface area contributed by atoms with Gasteiger partial charge in [-0.3, -0.25) is 4.79 Å². The van der Waals surface area contributed by atoms with Gasteiger partial charge in [-0.25, -0.2) is 14.4 Å². The summed E-state index contributed by atoms with van der Waals surface area (Å²) in [5.41, 5.74) is 1.98. The molecule has 2 aromatic carbocycles. The number of hydrogen-bond acceptors (Lipinski definition) is 6. The molecule has 1 aromatic heterocycles. The van der Waals surface area contributed by atoms with Crippen molar-refractivity contribution >= 4 is 28.2 Å². The van der Waals surface area contributed by atoms with Crippen molar-refractivity contribution < 1.29 is 18.7 Å². The Balaban J connectivity index is 1.68. The molecule has 0 amide bonds. The third kappa shape index (κ3) is 4.13. The van der Waals surface area contributed by atoms with E-state index in [1.54, 1.807) is 32.2 Å². The maximum atomic E-state index is 13.6. The molecule has 0 bridgehead atoms. The fourth-order valence-corrected chi connectivity index (χ4v) is 3.49. The van der Waals surface area contributed by atoms with Crippen LogP contribution in [-0.2, 0) is 4.79 Å². The standard InChI is InChI=1S/C22H22FN3O3/c1-13-9-14(3-8-18(13)23)26-22-17-10-21(29-16-6-4-15(27)5-7-16)20(28-2)11-19(17)24-12-25-22/h3,8-12,16H,4-7H2,1-2H3,(H,24,25,26). The summed E-state index contributed by atoms with van der Waals surface area (Å²) in [6.45, 7) is 1.71. The zero-order valence-electron chi connectivity index (χ0n) is 16.4. The Labute approximate surface area is 168 Å². The zero-order chi connectivity index (χ0) is 20.4. The van der Waals surface area contributed by atoms with E-state index in [4.69, 9.17) is 9.47 Å². The largest absolute Gasteiger partial charge is 0.493 e. The number of carbonyl (C=O) groups is 1. The highest BCUT2D eigenvalue weighted by Gasteiger charge is 2.22. The van der Waals surface area contributed by atoms with Crippen LogP contribution in [0.15, 0.2) is 36.7 Å². The molecule has 1 N–H and O–H groups in total. The Morgan fingerprint density at radius 2 is 1.90 bits per heavy atom. The first-order chi connectivity index (χ1) is 14.0. The average Bonchev–Trinajstić information content (AvgIpc) is 2.72. The lowest BCUT2D eigenvalue weighted by molar-refractivity contribution is -0.121. The van der Waals surface area contributed by atoms with Gasteiger partial charge in [0.2, 0.25) is 0 Å². The predicted molar refractivity (Wildman–Crippen MR) is 108 cm³/mol. The Morgan fingerprint density at radius 3 is 2.62 bits per heavy atom. The summed E-state index contributed by atoms with van der Waals surface area (Å²) in [6.07, 6.45) is 3.92. The van der Waals surface area contributed by atoms with Crippen LogP contribution in [0.5, 0.6) is 11.5 Å². The Kier molecular flexibility index (Phi) is 5.29. The molecule has 0 unspecified atom stereocenters. The molecule has 1 saturated carbocycles. The summed E-state index contributed by atoms with van der Waals surface area (Å²) in [4.78, 5) is 20.2. The highest BCUT2D eigenvalue weighted by Crippen LogP contribution is 2.36. The number of fused-ring (bicyclic) bond motifs is 1. The van der Waals surface area contributed by atoms with Crippen LogP contribution < -0.4 is 14.8 Å². The van der Waals surface area contributed by atoms with Crippen LogP contribution >= 0.6 is 0 Å². The van der Waals surface area contributed by atoms with Crippen LogP contribution in [0.1, 0.15) is 31.2 Å². The summed E-state index contributed by atoms with van der Waals surface area (Å²) in [5, 5.41) is 3.99. The molecule has 0 atom stereocenters. The van der Waals surface area contributed by atoms with Crippen molar-refractivity contribution in [3.05, 3.63) is 48.0 Å². The van der Waals surface area contributed by atoms with Gasteiger partial charge in [-0.2, -0.15) is 0 Å². The van der Waals surface area contributed by atoms with Gasteiger partial charge in [0.05, 0.1) is 18.7 Å². The summed E-state index contributed by atoms with van der Waals surface area (Å²) in [6, 6.07) is 8.47. The van der Waals surface area contributed by atoms with Gasteiger partial charge in [0, 0.05) is 30.0 Å². The fraction of sp³-hybridized carbons (Fsp3) is 0.318. The summed E-state index contributed by atoms with van der Waals surface area (Å²) >= 11 is 0. The fourth-order valence-electron chi connectivity index (χ4n) is 3.49. The topological polar surface area (TPSA) is 73.3 Å². The average molecular weight is 395 g/mol. The van der Waals surface area contributed by atoms with Gasteiger partial charge in [0.25, 0.3) is 0 Å². The summed E-state index contributed by atoms with van der Waals surface area (Å²) < 4.78 is 25.2. The smallest absolute Gasteiger partial charge is 0.162 e. The van der Waals surface area contributed by atoms with Crippen molar-refractivity contribution in [1.29, 1.82) is 0 Å². The molecule has 1 aliphatic carbocycles.